The number of nitrogens with one attached hydrogen (secondary N) is 1. The number of aliphatic imine (C=N–C) groups is 3. The molecule has 0 amide bonds. The summed E-state index contributed by atoms with van der Waals surface area (Å²) in [6, 6.07) is 0. The van der Waals surface area contributed by atoms with Gasteiger partial charge in [0.25, 0.3) is 0 Å². The van der Waals surface area contributed by atoms with Gasteiger partial charge >= 0.3 is 25.4 Å². The van der Waals surface area contributed by atoms with Crippen LogP contribution in [0.4, 0.5) is 0 Å². The number of hydrogen-bond acceptors (Lipinski definition) is 7. The van der Waals surface area contributed by atoms with Crippen LogP contribution in [-0.4, -0.2) is 28.2 Å². The standard InChI is InChI=1S/C33H36N4O4.Zn/c1-8-20-15(3)23-12-25-17(5)22(10-11-29(38)39)31(36-25)19(7)32-30(33(40)41)18(6)26(37-32)14-28-21(9-2)16(4)24(35-28)13-27(20)34-23;/h8,12-14,17,22,36,40-41H,1,9-11H2,2-7H3,(H,38,39);/q;+2/p-2/t17-,22-;/m0./s1. The van der Waals surface area contributed by atoms with Crippen LogP contribution in [0.1, 0.15) is 60.8 Å². The molecule has 5 heterocycles. The predicted molar refractivity (Wildman–Crippen MR) is 158 cm³/mol. The smallest absolute Gasteiger partial charge is 0.883 e. The SMILES string of the molecule is C=CC1=C(C)C2=NC1=CC1=NC(=CC3=C(C)C(=C([O-])[O-])C(=N3)C(C)=C3NC(=C2)[C@@H](C)[C@@H]3CCC(=O)O)C(CC)=C1C.[Zn+2]. The molecule has 0 aliphatic carbocycles. The Bertz CT molecular complexity index is 1650. The Kier molecular flexibility index (Phi) is 8.74. The first-order chi connectivity index (χ1) is 19.5. The Balaban J connectivity index is 0.00000405. The molecule has 0 aromatic heterocycles. The van der Waals surface area contributed by atoms with Crippen molar-refractivity contribution in [3.63, 3.8) is 0 Å². The van der Waals surface area contributed by atoms with E-state index in [4.69, 9.17) is 15.0 Å². The first-order valence-corrected chi connectivity index (χ1v) is 13.9. The van der Waals surface area contributed by atoms with Crippen LogP contribution >= 0.6 is 0 Å². The maximum atomic E-state index is 12.4. The molecule has 8 nitrogen and oxygen atoms in total. The fourth-order valence-electron chi connectivity index (χ4n) is 6.25. The van der Waals surface area contributed by atoms with Crippen molar-refractivity contribution in [3.05, 3.63) is 104 Å². The summed E-state index contributed by atoms with van der Waals surface area (Å²) in [7, 11) is 0. The molecule has 2 N–H and O–H groups in total. The molecular formula is C33H34N4O4Zn. The van der Waals surface area contributed by atoms with Crippen LogP contribution in [0.2, 0.25) is 0 Å². The van der Waals surface area contributed by atoms with E-state index in [9.17, 15) is 20.1 Å². The van der Waals surface area contributed by atoms with Crippen LogP contribution in [0.3, 0.4) is 0 Å². The minimum absolute atomic E-state index is 0. The molecule has 0 radical (unpaired) electrons. The summed E-state index contributed by atoms with van der Waals surface area (Å²) >= 11 is 0. The number of fused-ring (bicyclic) bond motifs is 5. The molecule has 212 valence electrons. The van der Waals surface area contributed by atoms with E-state index < -0.39 is 11.9 Å². The number of aliphatic carboxylic acids is 1. The third-order valence-electron chi connectivity index (χ3n) is 8.69. The monoisotopic (exact) mass is 614 g/mol. The number of nitrogens with zero attached hydrogens (tertiary/aromatic N) is 3. The second kappa shape index (κ2) is 11.8. The van der Waals surface area contributed by atoms with E-state index in [-0.39, 0.29) is 43.3 Å². The average Bonchev–Trinajstić information content (AvgIpc) is 3.60. The van der Waals surface area contributed by atoms with Crippen LogP contribution in [0.25, 0.3) is 0 Å². The minimum atomic E-state index is -1.30. The third kappa shape index (κ3) is 5.15. The molecule has 0 aromatic rings. The average molecular weight is 616 g/mol. The first kappa shape index (κ1) is 31.1. The molecule has 5 aliphatic rings. The summed E-state index contributed by atoms with van der Waals surface area (Å²) in [5.41, 5.74) is 10.8. The summed E-state index contributed by atoms with van der Waals surface area (Å²) in [6.07, 6.45) is 8.75. The van der Waals surface area contributed by atoms with Gasteiger partial charge in [0.1, 0.15) is 0 Å². The molecule has 0 spiro atoms. The van der Waals surface area contributed by atoms with Crippen molar-refractivity contribution in [1.82, 2.24) is 5.32 Å². The van der Waals surface area contributed by atoms with Gasteiger partial charge in [-0.05, 0) is 92.2 Å². The Morgan fingerprint density at radius 2 is 1.67 bits per heavy atom. The predicted octanol–water partition coefficient (Wildman–Crippen LogP) is 4.44. The molecule has 5 aliphatic heterocycles. The number of allylic oxidation sites excluding steroid dienone is 12. The van der Waals surface area contributed by atoms with Crippen LogP contribution < -0.4 is 15.5 Å². The van der Waals surface area contributed by atoms with Crippen molar-refractivity contribution in [1.29, 1.82) is 0 Å². The van der Waals surface area contributed by atoms with Crippen molar-refractivity contribution in [2.24, 2.45) is 26.8 Å². The van der Waals surface area contributed by atoms with Gasteiger partial charge in [-0.2, -0.15) is 5.95 Å². The Labute approximate surface area is 259 Å². The summed E-state index contributed by atoms with van der Waals surface area (Å²) in [5, 5.41) is 37.8. The number of carboxylic acid groups (broad SMARTS) is 1. The van der Waals surface area contributed by atoms with E-state index >= 15 is 0 Å². The summed E-state index contributed by atoms with van der Waals surface area (Å²) < 4.78 is 0. The Morgan fingerprint density at radius 1 is 1.00 bits per heavy atom. The third-order valence-corrected chi connectivity index (χ3v) is 8.69. The molecule has 42 heavy (non-hydrogen) atoms. The van der Waals surface area contributed by atoms with Crippen molar-refractivity contribution >= 4 is 23.1 Å². The van der Waals surface area contributed by atoms with Crippen molar-refractivity contribution < 1.29 is 39.6 Å². The molecule has 9 heteroatoms. The molecule has 0 saturated carbocycles. The largest absolute Gasteiger partial charge is 2.00 e. The summed E-state index contributed by atoms with van der Waals surface area (Å²) in [4.78, 5) is 26.3. The number of carbonyl (C=O) groups is 1. The maximum Gasteiger partial charge on any atom is 2.00 e. The zero-order valence-corrected chi connectivity index (χ0v) is 28.0. The van der Waals surface area contributed by atoms with Crippen LogP contribution in [0.15, 0.2) is 119 Å². The van der Waals surface area contributed by atoms with E-state index in [1.807, 2.05) is 52.0 Å². The summed E-state index contributed by atoms with van der Waals surface area (Å²) in [5.74, 6) is -2.43. The van der Waals surface area contributed by atoms with Crippen molar-refractivity contribution in [2.75, 3.05) is 0 Å². The number of hydrogen-bond donors (Lipinski definition) is 2. The topological polar surface area (TPSA) is 133 Å². The van der Waals surface area contributed by atoms with Gasteiger partial charge in [-0.25, -0.2) is 15.0 Å². The van der Waals surface area contributed by atoms with Crippen LogP contribution in [0.5, 0.6) is 0 Å². The fourth-order valence-corrected chi connectivity index (χ4v) is 6.25. The van der Waals surface area contributed by atoms with Crippen LogP contribution in [0, 0.1) is 11.8 Å². The van der Waals surface area contributed by atoms with E-state index in [1.165, 1.54) is 0 Å². The second-order valence-electron chi connectivity index (χ2n) is 11.0. The van der Waals surface area contributed by atoms with Crippen molar-refractivity contribution in [2.45, 2.75) is 60.8 Å². The molecule has 1 saturated heterocycles. The molecular weight excluding hydrogens is 582 g/mol. The normalized spacial score (nSPS) is 23.2. The molecule has 1 fully saturated rings. The van der Waals surface area contributed by atoms with Gasteiger partial charge in [-0.15, -0.1) is 0 Å². The van der Waals surface area contributed by atoms with Gasteiger partial charge in [0.2, 0.25) is 0 Å². The molecule has 2 atom stereocenters. The maximum absolute atomic E-state index is 12.4. The Morgan fingerprint density at radius 3 is 2.29 bits per heavy atom. The Hall–Kier alpha value is -3.84. The van der Waals surface area contributed by atoms with Gasteiger partial charge in [-0.1, -0.05) is 26.5 Å². The van der Waals surface area contributed by atoms with E-state index in [1.54, 1.807) is 6.92 Å². The zero-order chi connectivity index (χ0) is 29.7. The molecule has 0 aromatic carbocycles. The molecule has 0 unspecified atom stereocenters. The fraction of sp³-hybridized carbons (Fsp3) is 0.333. The summed E-state index contributed by atoms with van der Waals surface area (Å²) in [6.45, 7) is 15.8. The molecule has 5 rings (SSSR count). The second-order valence-corrected chi connectivity index (χ2v) is 11.0. The van der Waals surface area contributed by atoms with Crippen molar-refractivity contribution in [3.8, 4) is 0 Å². The first-order valence-electron chi connectivity index (χ1n) is 13.9. The zero-order valence-electron chi connectivity index (χ0n) is 25.0. The van der Waals surface area contributed by atoms with Gasteiger partial charge in [0.15, 0.2) is 0 Å². The van der Waals surface area contributed by atoms with E-state index in [2.05, 4.69) is 18.8 Å². The van der Waals surface area contributed by atoms with Gasteiger partial charge < -0.3 is 20.6 Å². The minimum Gasteiger partial charge on any atom is -0.883 e. The van der Waals surface area contributed by atoms with Crippen LogP contribution in [-0.2, 0) is 24.3 Å². The number of rotatable bonds is 5. The van der Waals surface area contributed by atoms with Gasteiger partial charge in [-0.3, -0.25) is 4.79 Å². The van der Waals surface area contributed by atoms with Gasteiger partial charge in [0, 0.05) is 35.2 Å². The van der Waals surface area contributed by atoms with Gasteiger partial charge in [0.05, 0.1) is 34.2 Å². The molecule has 8 bridgehead atoms. The van der Waals surface area contributed by atoms with E-state index in [0.717, 1.165) is 62.9 Å². The quantitative estimate of drug-likeness (QED) is 0.349. The van der Waals surface area contributed by atoms with E-state index in [0.29, 0.717) is 29.0 Å². The number of carboxylic acids is 1.